The fraction of sp³-hybridized carbons (Fsp3) is 0.455. The zero-order valence-electron chi connectivity index (χ0n) is 14.4. The van der Waals surface area contributed by atoms with Gasteiger partial charge in [0.1, 0.15) is 0 Å². The molecule has 0 N–H and O–H groups in total. The Morgan fingerprint density at radius 2 is 1.09 bits per heavy atom. The van der Waals surface area contributed by atoms with Crippen LogP contribution in [0.15, 0.2) is 36.4 Å². The number of hydrogen-bond acceptors (Lipinski definition) is 0. The second kappa shape index (κ2) is 6.28. The number of benzene rings is 2. The van der Waals surface area contributed by atoms with Gasteiger partial charge in [-0.05, 0) is 70.9 Å². The van der Waals surface area contributed by atoms with Crippen molar-refractivity contribution in [2.45, 2.75) is 53.4 Å². The third-order valence-electron chi connectivity index (χ3n) is 4.58. The molecule has 22 heavy (non-hydrogen) atoms. The van der Waals surface area contributed by atoms with Gasteiger partial charge in [-0.2, -0.15) is 0 Å². The minimum Gasteiger partial charge on any atom is -0.0625 e. The molecule has 0 heterocycles. The Hall–Kier alpha value is -1.56. The highest BCUT2D eigenvalue weighted by atomic mass is 14.2. The Morgan fingerprint density at radius 3 is 1.45 bits per heavy atom. The Balaban J connectivity index is 1.93. The number of fused-ring (bicyclic) bond motifs is 3. The molecule has 0 radical (unpaired) electrons. The smallest absolute Gasteiger partial charge is 0.0149 e. The first-order chi connectivity index (χ1) is 10.5. The molecule has 116 valence electrons. The van der Waals surface area contributed by atoms with Crippen molar-refractivity contribution < 1.29 is 0 Å². The molecule has 0 heteroatoms. The van der Waals surface area contributed by atoms with Gasteiger partial charge in [0.2, 0.25) is 0 Å². The normalized spacial score (nSPS) is 13.4. The second-order valence-electron chi connectivity index (χ2n) is 7.68. The van der Waals surface area contributed by atoms with Crippen LogP contribution in [0.3, 0.4) is 0 Å². The molecule has 0 unspecified atom stereocenters. The van der Waals surface area contributed by atoms with Crippen LogP contribution in [0.4, 0.5) is 0 Å². The van der Waals surface area contributed by atoms with Crippen LogP contribution in [0.25, 0.3) is 11.1 Å². The summed E-state index contributed by atoms with van der Waals surface area (Å²) in [4.78, 5) is 0. The highest BCUT2D eigenvalue weighted by molar-refractivity contribution is 5.73. The van der Waals surface area contributed by atoms with E-state index < -0.39 is 0 Å². The highest BCUT2D eigenvalue weighted by Gasteiger charge is 2.17. The molecular formula is C22H28. The molecule has 0 aliphatic heterocycles. The number of rotatable bonds is 4. The molecule has 0 fully saturated rings. The van der Waals surface area contributed by atoms with Crippen molar-refractivity contribution >= 4 is 0 Å². The number of hydrogen-bond donors (Lipinski definition) is 0. The summed E-state index contributed by atoms with van der Waals surface area (Å²) in [6, 6.07) is 14.3. The van der Waals surface area contributed by atoms with E-state index in [1.807, 2.05) is 0 Å². The molecule has 1 aliphatic carbocycles. The molecule has 2 aromatic carbocycles. The van der Waals surface area contributed by atoms with Crippen LogP contribution in [-0.2, 0) is 25.7 Å². The van der Waals surface area contributed by atoms with Crippen LogP contribution in [0.2, 0.25) is 0 Å². The fourth-order valence-corrected chi connectivity index (χ4v) is 3.70. The number of aryl methyl sites for hydroxylation is 2. The molecule has 0 spiro atoms. The molecule has 0 aromatic heterocycles. The summed E-state index contributed by atoms with van der Waals surface area (Å²) in [7, 11) is 0. The maximum absolute atomic E-state index is 2.44. The first kappa shape index (κ1) is 15.3. The largest absolute Gasteiger partial charge is 0.0625 e. The summed E-state index contributed by atoms with van der Waals surface area (Å²) in [5, 5.41) is 0. The summed E-state index contributed by atoms with van der Waals surface area (Å²) in [6.45, 7) is 9.19. The molecule has 0 atom stereocenters. The lowest BCUT2D eigenvalue weighted by Gasteiger charge is -2.22. The Labute approximate surface area is 135 Å². The maximum atomic E-state index is 2.44. The predicted molar refractivity (Wildman–Crippen MR) is 96.4 cm³/mol. The third kappa shape index (κ3) is 3.27. The molecule has 3 rings (SSSR count). The predicted octanol–water partition coefficient (Wildman–Crippen LogP) is 5.85. The van der Waals surface area contributed by atoms with E-state index >= 15 is 0 Å². The van der Waals surface area contributed by atoms with E-state index in [1.165, 1.54) is 47.9 Å². The van der Waals surface area contributed by atoms with Gasteiger partial charge >= 0.3 is 0 Å². The van der Waals surface area contributed by atoms with Gasteiger partial charge in [-0.1, -0.05) is 64.1 Å². The van der Waals surface area contributed by atoms with E-state index in [0.717, 1.165) is 11.8 Å². The monoisotopic (exact) mass is 292 g/mol. The van der Waals surface area contributed by atoms with E-state index in [-0.39, 0.29) is 0 Å². The summed E-state index contributed by atoms with van der Waals surface area (Å²) in [6.07, 6.45) is 4.76. The van der Waals surface area contributed by atoms with Crippen LogP contribution < -0.4 is 0 Å². The van der Waals surface area contributed by atoms with Crippen LogP contribution in [0.5, 0.6) is 0 Å². The SMILES string of the molecule is CC(C)Cc1ccc2c(c1)CCc1cc(CC(C)C)ccc1-2. The van der Waals surface area contributed by atoms with Gasteiger partial charge < -0.3 is 0 Å². The van der Waals surface area contributed by atoms with Gasteiger partial charge in [0.25, 0.3) is 0 Å². The van der Waals surface area contributed by atoms with Gasteiger partial charge in [0.15, 0.2) is 0 Å². The van der Waals surface area contributed by atoms with Crippen LogP contribution in [0.1, 0.15) is 49.9 Å². The average Bonchev–Trinajstić information content (AvgIpc) is 2.45. The molecule has 2 aromatic rings. The maximum Gasteiger partial charge on any atom is -0.0149 e. The van der Waals surface area contributed by atoms with Gasteiger partial charge in [0, 0.05) is 0 Å². The van der Waals surface area contributed by atoms with Crippen LogP contribution in [0, 0.1) is 11.8 Å². The Bertz CT molecular complexity index is 602. The lowest BCUT2D eigenvalue weighted by Crippen LogP contribution is -2.06. The first-order valence-electron chi connectivity index (χ1n) is 8.77. The first-order valence-corrected chi connectivity index (χ1v) is 8.77. The third-order valence-corrected chi connectivity index (χ3v) is 4.58. The summed E-state index contributed by atoms with van der Waals surface area (Å²) in [5.74, 6) is 1.46. The Kier molecular flexibility index (Phi) is 4.38. The molecule has 0 saturated carbocycles. The topological polar surface area (TPSA) is 0 Å². The van der Waals surface area contributed by atoms with Crippen molar-refractivity contribution in [2.75, 3.05) is 0 Å². The zero-order valence-corrected chi connectivity index (χ0v) is 14.4. The van der Waals surface area contributed by atoms with Crippen molar-refractivity contribution in [3.63, 3.8) is 0 Å². The molecule has 1 aliphatic rings. The van der Waals surface area contributed by atoms with Gasteiger partial charge in [0.05, 0.1) is 0 Å². The zero-order chi connectivity index (χ0) is 15.7. The standard InChI is InChI=1S/C22H28/c1-15(2)11-17-5-9-21-19(13-17)7-8-20-14-18(12-16(3)4)6-10-22(20)21/h5-6,9-10,13-16H,7-8,11-12H2,1-4H3. The quantitative estimate of drug-likeness (QED) is 0.663. The van der Waals surface area contributed by atoms with Crippen molar-refractivity contribution in [3.8, 4) is 11.1 Å². The van der Waals surface area contributed by atoms with E-state index in [0.29, 0.717) is 0 Å². The van der Waals surface area contributed by atoms with Crippen LogP contribution >= 0.6 is 0 Å². The van der Waals surface area contributed by atoms with Crippen molar-refractivity contribution in [2.24, 2.45) is 11.8 Å². The van der Waals surface area contributed by atoms with Gasteiger partial charge in [-0.25, -0.2) is 0 Å². The summed E-state index contributed by atoms with van der Waals surface area (Å²) in [5.41, 5.74) is 9.00. The van der Waals surface area contributed by atoms with Crippen molar-refractivity contribution in [1.29, 1.82) is 0 Å². The summed E-state index contributed by atoms with van der Waals surface area (Å²) >= 11 is 0. The van der Waals surface area contributed by atoms with Gasteiger partial charge in [-0.3, -0.25) is 0 Å². The van der Waals surface area contributed by atoms with Crippen LogP contribution in [-0.4, -0.2) is 0 Å². The Morgan fingerprint density at radius 1 is 0.682 bits per heavy atom. The highest BCUT2D eigenvalue weighted by Crippen LogP contribution is 2.35. The van der Waals surface area contributed by atoms with E-state index in [1.54, 1.807) is 11.1 Å². The molecule has 0 nitrogen and oxygen atoms in total. The minimum absolute atomic E-state index is 0.729. The average molecular weight is 292 g/mol. The van der Waals surface area contributed by atoms with E-state index in [9.17, 15) is 0 Å². The minimum atomic E-state index is 0.729. The summed E-state index contributed by atoms with van der Waals surface area (Å²) < 4.78 is 0. The lowest BCUT2D eigenvalue weighted by molar-refractivity contribution is 0.645. The second-order valence-corrected chi connectivity index (χ2v) is 7.68. The van der Waals surface area contributed by atoms with E-state index in [2.05, 4.69) is 64.1 Å². The van der Waals surface area contributed by atoms with E-state index in [4.69, 9.17) is 0 Å². The van der Waals surface area contributed by atoms with Crippen molar-refractivity contribution in [3.05, 3.63) is 58.7 Å². The molecule has 0 saturated heterocycles. The molecular weight excluding hydrogens is 264 g/mol. The molecule has 0 bridgehead atoms. The van der Waals surface area contributed by atoms with Crippen molar-refractivity contribution in [1.82, 2.24) is 0 Å². The van der Waals surface area contributed by atoms with Gasteiger partial charge in [-0.15, -0.1) is 0 Å². The fourth-order valence-electron chi connectivity index (χ4n) is 3.70. The molecule has 0 amide bonds. The lowest BCUT2D eigenvalue weighted by atomic mass is 9.83.